The van der Waals surface area contributed by atoms with Gasteiger partial charge in [0.1, 0.15) is 0 Å². The van der Waals surface area contributed by atoms with Crippen molar-refractivity contribution in [3.8, 4) is 0 Å². The lowest BCUT2D eigenvalue weighted by Crippen LogP contribution is -2.19. The number of anilines is 2. The lowest BCUT2D eigenvalue weighted by Gasteiger charge is -2.08. The van der Waals surface area contributed by atoms with Gasteiger partial charge in [-0.3, -0.25) is 0 Å². The number of hydrogen-bond acceptors (Lipinski definition) is 1. The van der Waals surface area contributed by atoms with Gasteiger partial charge in [-0.1, -0.05) is 45.7 Å². The molecule has 2 N–H and O–H groups in total. The van der Waals surface area contributed by atoms with Crippen LogP contribution >= 0.6 is 27.5 Å². The maximum absolute atomic E-state index is 11.7. The van der Waals surface area contributed by atoms with Crippen LogP contribution in [0.3, 0.4) is 0 Å². The van der Waals surface area contributed by atoms with Crippen molar-refractivity contribution < 1.29 is 4.79 Å². The van der Waals surface area contributed by atoms with Gasteiger partial charge in [0.05, 0.1) is 10.7 Å². The smallest absolute Gasteiger partial charge is 0.308 e. The van der Waals surface area contributed by atoms with Gasteiger partial charge in [-0.25, -0.2) is 4.79 Å². The topological polar surface area (TPSA) is 41.1 Å². The van der Waals surface area contributed by atoms with E-state index < -0.39 is 0 Å². The summed E-state index contributed by atoms with van der Waals surface area (Å²) in [6.45, 7) is 0. The largest absolute Gasteiger partial charge is 0.323 e. The highest BCUT2D eigenvalue weighted by Crippen LogP contribution is 2.21. The molecule has 0 aliphatic heterocycles. The second kappa shape index (κ2) is 5.89. The normalized spacial score (nSPS) is 9.89. The Morgan fingerprint density at radius 2 is 1.83 bits per heavy atom. The number of para-hydroxylation sites is 1. The molecule has 0 aliphatic rings. The molecule has 2 rings (SSSR count). The summed E-state index contributed by atoms with van der Waals surface area (Å²) in [4.78, 5) is 11.7. The van der Waals surface area contributed by atoms with E-state index in [0.29, 0.717) is 16.4 Å². The molecule has 0 aromatic heterocycles. The number of hydrogen-bond donors (Lipinski definition) is 2. The minimum atomic E-state index is -0.332. The van der Waals surface area contributed by atoms with Gasteiger partial charge >= 0.3 is 6.03 Å². The van der Waals surface area contributed by atoms with Crippen LogP contribution in [0, 0.1) is 0 Å². The molecule has 0 spiro atoms. The molecule has 2 amide bonds. The van der Waals surface area contributed by atoms with Gasteiger partial charge in [0, 0.05) is 10.2 Å². The number of halogens is 2. The van der Waals surface area contributed by atoms with E-state index in [2.05, 4.69) is 26.6 Å². The van der Waals surface area contributed by atoms with Gasteiger partial charge in [-0.2, -0.15) is 0 Å². The van der Waals surface area contributed by atoms with E-state index in [0.717, 1.165) is 4.47 Å². The lowest BCUT2D eigenvalue weighted by molar-refractivity contribution is 0.262. The second-order valence-corrected chi connectivity index (χ2v) is 4.89. The van der Waals surface area contributed by atoms with Gasteiger partial charge in [-0.15, -0.1) is 0 Å². The third-order valence-electron chi connectivity index (χ3n) is 2.20. The Morgan fingerprint density at radius 3 is 2.56 bits per heavy atom. The van der Waals surface area contributed by atoms with E-state index in [4.69, 9.17) is 11.6 Å². The molecule has 2 aromatic carbocycles. The second-order valence-electron chi connectivity index (χ2n) is 3.57. The van der Waals surface area contributed by atoms with Crippen molar-refractivity contribution in [1.82, 2.24) is 0 Å². The molecule has 0 heterocycles. The molecule has 2 aromatic rings. The van der Waals surface area contributed by atoms with Crippen molar-refractivity contribution in [2.24, 2.45) is 0 Å². The summed E-state index contributed by atoms with van der Waals surface area (Å²) < 4.78 is 0.901. The summed E-state index contributed by atoms with van der Waals surface area (Å²) in [6.07, 6.45) is 0. The van der Waals surface area contributed by atoms with Crippen LogP contribution in [-0.2, 0) is 0 Å². The van der Waals surface area contributed by atoms with Gasteiger partial charge < -0.3 is 10.6 Å². The molecule has 0 saturated heterocycles. The molecule has 0 aliphatic carbocycles. The summed E-state index contributed by atoms with van der Waals surface area (Å²) >= 11 is 9.28. The quantitative estimate of drug-likeness (QED) is 0.822. The summed E-state index contributed by atoms with van der Waals surface area (Å²) in [5, 5.41) is 5.90. The van der Waals surface area contributed by atoms with E-state index in [9.17, 15) is 4.79 Å². The average Bonchev–Trinajstić information content (AvgIpc) is 2.32. The first-order chi connectivity index (χ1) is 8.65. The monoisotopic (exact) mass is 324 g/mol. The fourth-order valence-electron chi connectivity index (χ4n) is 1.41. The molecule has 0 saturated carbocycles. The minimum absolute atomic E-state index is 0.332. The standard InChI is InChI=1S/C13H10BrClN2O/c14-9-4-3-5-10(8-9)16-13(18)17-12-7-2-1-6-11(12)15/h1-8H,(H2,16,17,18). The maximum atomic E-state index is 11.7. The first-order valence-electron chi connectivity index (χ1n) is 5.23. The van der Waals surface area contributed by atoms with Gasteiger partial charge in [-0.05, 0) is 30.3 Å². The molecule has 18 heavy (non-hydrogen) atoms. The molecule has 5 heteroatoms. The third kappa shape index (κ3) is 3.48. The van der Waals surface area contributed by atoms with E-state index >= 15 is 0 Å². The predicted octanol–water partition coefficient (Wildman–Crippen LogP) is 4.75. The van der Waals surface area contributed by atoms with Gasteiger partial charge in [0.25, 0.3) is 0 Å². The minimum Gasteiger partial charge on any atom is -0.308 e. The predicted molar refractivity (Wildman–Crippen MR) is 78.2 cm³/mol. The van der Waals surface area contributed by atoms with E-state index in [1.807, 2.05) is 18.2 Å². The summed E-state index contributed by atoms with van der Waals surface area (Å²) in [5.41, 5.74) is 1.28. The highest BCUT2D eigenvalue weighted by Gasteiger charge is 2.05. The number of benzene rings is 2. The highest BCUT2D eigenvalue weighted by molar-refractivity contribution is 9.10. The number of nitrogens with one attached hydrogen (secondary N) is 2. The van der Waals surface area contributed by atoms with E-state index in [1.54, 1.807) is 30.3 Å². The maximum Gasteiger partial charge on any atom is 0.323 e. The Kier molecular flexibility index (Phi) is 4.23. The number of amides is 2. The van der Waals surface area contributed by atoms with Crippen LogP contribution in [0.5, 0.6) is 0 Å². The number of carbonyl (C=O) groups excluding carboxylic acids is 1. The first-order valence-corrected chi connectivity index (χ1v) is 6.40. The molecular formula is C13H10BrClN2O. The zero-order chi connectivity index (χ0) is 13.0. The zero-order valence-electron chi connectivity index (χ0n) is 9.28. The summed E-state index contributed by atoms with van der Waals surface area (Å²) in [6, 6.07) is 14.1. The van der Waals surface area contributed by atoms with Crippen LogP contribution in [0.1, 0.15) is 0 Å². The van der Waals surface area contributed by atoms with Crippen LogP contribution in [0.4, 0.5) is 16.2 Å². The van der Waals surface area contributed by atoms with Crippen molar-refractivity contribution in [3.63, 3.8) is 0 Å². The fourth-order valence-corrected chi connectivity index (χ4v) is 2.00. The third-order valence-corrected chi connectivity index (χ3v) is 3.03. The Morgan fingerprint density at radius 1 is 1.06 bits per heavy atom. The van der Waals surface area contributed by atoms with Crippen molar-refractivity contribution >= 4 is 44.9 Å². The van der Waals surface area contributed by atoms with E-state index in [-0.39, 0.29) is 6.03 Å². The fraction of sp³-hybridized carbons (Fsp3) is 0. The molecule has 0 fully saturated rings. The van der Waals surface area contributed by atoms with Crippen LogP contribution in [0.15, 0.2) is 53.0 Å². The first kappa shape index (κ1) is 12.9. The molecule has 3 nitrogen and oxygen atoms in total. The van der Waals surface area contributed by atoms with Crippen LogP contribution in [0.2, 0.25) is 5.02 Å². The van der Waals surface area contributed by atoms with Crippen LogP contribution in [0.25, 0.3) is 0 Å². The van der Waals surface area contributed by atoms with Crippen LogP contribution in [-0.4, -0.2) is 6.03 Å². The highest BCUT2D eigenvalue weighted by atomic mass is 79.9. The number of rotatable bonds is 2. The van der Waals surface area contributed by atoms with Crippen molar-refractivity contribution in [2.45, 2.75) is 0 Å². The molecule has 0 radical (unpaired) electrons. The Hall–Kier alpha value is -1.52. The number of urea groups is 1. The summed E-state index contributed by atoms with van der Waals surface area (Å²) in [7, 11) is 0. The van der Waals surface area contributed by atoms with Crippen molar-refractivity contribution in [3.05, 3.63) is 58.0 Å². The Balaban J connectivity index is 2.03. The van der Waals surface area contributed by atoms with Gasteiger partial charge in [0.2, 0.25) is 0 Å². The SMILES string of the molecule is O=C(Nc1cccc(Br)c1)Nc1ccccc1Cl. The van der Waals surface area contributed by atoms with Crippen molar-refractivity contribution in [1.29, 1.82) is 0 Å². The molecule has 0 atom stereocenters. The van der Waals surface area contributed by atoms with Crippen LogP contribution < -0.4 is 10.6 Å². The summed E-state index contributed by atoms with van der Waals surface area (Å²) in [5.74, 6) is 0. The van der Waals surface area contributed by atoms with Gasteiger partial charge in [0.15, 0.2) is 0 Å². The number of carbonyl (C=O) groups is 1. The van der Waals surface area contributed by atoms with Crippen molar-refractivity contribution in [2.75, 3.05) is 10.6 Å². The average molecular weight is 326 g/mol. The van der Waals surface area contributed by atoms with E-state index in [1.165, 1.54) is 0 Å². The molecule has 0 bridgehead atoms. The Labute approximate surface area is 118 Å². The zero-order valence-corrected chi connectivity index (χ0v) is 11.6. The molecule has 0 unspecified atom stereocenters. The molecule has 92 valence electrons. The Bertz CT molecular complexity index is 574. The molecular weight excluding hydrogens is 316 g/mol. The lowest BCUT2D eigenvalue weighted by atomic mass is 10.3.